The molecule has 1 aliphatic carbocycles. The topological polar surface area (TPSA) is 35.6 Å². The normalized spacial score (nSPS) is 21.6. The molecule has 4 heteroatoms. The molecule has 1 aromatic rings. The molecule has 1 aliphatic heterocycles. The Labute approximate surface area is 146 Å². The fourth-order valence-corrected chi connectivity index (χ4v) is 4.07. The maximum Gasteiger partial charge on any atom is 0.234 e. The highest BCUT2D eigenvalue weighted by atomic mass is 16.2. The number of carbonyl (C=O) groups is 1. The summed E-state index contributed by atoms with van der Waals surface area (Å²) in [5, 5.41) is 3.16. The number of hydrogen-bond acceptors (Lipinski definition) is 3. The molecule has 1 N–H and O–H groups in total. The van der Waals surface area contributed by atoms with E-state index in [1.54, 1.807) is 0 Å². The van der Waals surface area contributed by atoms with E-state index in [2.05, 4.69) is 53.4 Å². The lowest BCUT2D eigenvalue weighted by Crippen LogP contribution is -2.41. The van der Waals surface area contributed by atoms with Gasteiger partial charge in [0.2, 0.25) is 5.91 Å². The van der Waals surface area contributed by atoms with Crippen LogP contribution in [-0.2, 0) is 4.79 Å². The first-order valence-electron chi connectivity index (χ1n) is 9.40. The van der Waals surface area contributed by atoms with E-state index in [1.807, 2.05) is 0 Å². The number of nitrogens with one attached hydrogen (secondary N) is 1. The van der Waals surface area contributed by atoms with Crippen molar-refractivity contribution in [2.24, 2.45) is 5.92 Å². The molecule has 1 amide bonds. The van der Waals surface area contributed by atoms with Gasteiger partial charge in [0, 0.05) is 31.4 Å². The number of amides is 1. The number of hydrogen-bond donors (Lipinski definition) is 1. The van der Waals surface area contributed by atoms with Gasteiger partial charge in [-0.2, -0.15) is 0 Å². The van der Waals surface area contributed by atoms with Crippen LogP contribution in [0, 0.1) is 12.8 Å². The van der Waals surface area contributed by atoms with Gasteiger partial charge in [0.1, 0.15) is 0 Å². The standard InChI is InChI=1S/C20H31N3O/c1-16-6-5-9-19(12-16)23-11-10-17(14-23)13-21-20(24)15-22(2)18-7-3-4-8-18/h5-6,9,12,17-18H,3-4,7-8,10-11,13-15H2,1-2H3,(H,21,24)/t17-/m1/s1. The average Bonchev–Trinajstić information content (AvgIpc) is 3.25. The molecule has 0 bridgehead atoms. The van der Waals surface area contributed by atoms with E-state index < -0.39 is 0 Å². The molecule has 1 atom stereocenters. The van der Waals surface area contributed by atoms with Crippen LogP contribution in [0.3, 0.4) is 0 Å². The van der Waals surface area contributed by atoms with Gasteiger partial charge in [-0.3, -0.25) is 9.69 Å². The van der Waals surface area contributed by atoms with E-state index in [4.69, 9.17) is 0 Å². The summed E-state index contributed by atoms with van der Waals surface area (Å²) < 4.78 is 0. The largest absolute Gasteiger partial charge is 0.371 e. The van der Waals surface area contributed by atoms with Crippen molar-refractivity contribution < 1.29 is 4.79 Å². The van der Waals surface area contributed by atoms with Gasteiger partial charge in [-0.25, -0.2) is 0 Å². The van der Waals surface area contributed by atoms with Crippen LogP contribution in [0.5, 0.6) is 0 Å². The Morgan fingerprint density at radius 2 is 2.08 bits per heavy atom. The molecule has 4 nitrogen and oxygen atoms in total. The molecular weight excluding hydrogens is 298 g/mol. The summed E-state index contributed by atoms with van der Waals surface area (Å²) >= 11 is 0. The summed E-state index contributed by atoms with van der Waals surface area (Å²) in [6, 6.07) is 9.30. The molecule has 0 aromatic heterocycles. The van der Waals surface area contributed by atoms with Crippen molar-refractivity contribution >= 4 is 11.6 Å². The number of benzene rings is 1. The van der Waals surface area contributed by atoms with E-state index in [-0.39, 0.29) is 5.91 Å². The fourth-order valence-electron chi connectivity index (χ4n) is 4.07. The molecule has 0 unspecified atom stereocenters. The minimum absolute atomic E-state index is 0.179. The smallest absolute Gasteiger partial charge is 0.234 e. The molecule has 24 heavy (non-hydrogen) atoms. The highest BCUT2D eigenvalue weighted by Gasteiger charge is 2.24. The molecule has 1 saturated carbocycles. The van der Waals surface area contributed by atoms with Crippen molar-refractivity contribution in [2.75, 3.05) is 38.1 Å². The Kier molecular flexibility index (Phi) is 5.77. The van der Waals surface area contributed by atoms with Crippen LogP contribution in [0.1, 0.15) is 37.7 Å². The van der Waals surface area contributed by atoms with E-state index in [0.29, 0.717) is 18.5 Å². The number of anilines is 1. The van der Waals surface area contributed by atoms with E-state index in [1.165, 1.54) is 36.9 Å². The summed E-state index contributed by atoms with van der Waals surface area (Å²) in [6.07, 6.45) is 6.28. The SMILES string of the molecule is Cc1cccc(N2CC[C@H](CNC(=O)CN(C)C3CCCC3)C2)c1. The van der Waals surface area contributed by atoms with E-state index in [0.717, 1.165) is 26.1 Å². The van der Waals surface area contributed by atoms with Crippen molar-refractivity contribution in [3.8, 4) is 0 Å². The van der Waals surface area contributed by atoms with Gasteiger partial charge in [-0.1, -0.05) is 25.0 Å². The van der Waals surface area contributed by atoms with Gasteiger partial charge in [-0.05, 0) is 56.8 Å². The van der Waals surface area contributed by atoms with Gasteiger partial charge in [0.25, 0.3) is 0 Å². The predicted molar refractivity (Wildman–Crippen MR) is 99.4 cm³/mol. The van der Waals surface area contributed by atoms with Crippen LogP contribution < -0.4 is 10.2 Å². The Morgan fingerprint density at radius 1 is 1.29 bits per heavy atom. The summed E-state index contributed by atoms with van der Waals surface area (Å²) in [7, 11) is 2.09. The summed E-state index contributed by atoms with van der Waals surface area (Å²) in [6.45, 7) is 5.62. The second-order valence-electron chi connectivity index (χ2n) is 7.60. The molecule has 0 radical (unpaired) electrons. The van der Waals surface area contributed by atoms with Crippen molar-refractivity contribution in [3.63, 3.8) is 0 Å². The molecule has 3 rings (SSSR count). The van der Waals surface area contributed by atoms with Gasteiger partial charge >= 0.3 is 0 Å². The number of carbonyl (C=O) groups excluding carboxylic acids is 1. The Morgan fingerprint density at radius 3 is 2.83 bits per heavy atom. The lowest BCUT2D eigenvalue weighted by molar-refractivity contribution is -0.122. The summed E-state index contributed by atoms with van der Waals surface area (Å²) in [4.78, 5) is 16.9. The van der Waals surface area contributed by atoms with Crippen LogP contribution >= 0.6 is 0 Å². The van der Waals surface area contributed by atoms with Gasteiger partial charge in [0.05, 0.1) is 6.54 Å². The van der Waals surface area contributed by atoms with Gasteiger partial charge in [-0.15, -0.1) is 0 Å². The van der Waals surface area contributed by atoms with Crippen molar-refractivity contribution in [3.05, 3.63) is 29.8 Å². The molecule has 1 saturated heterocycles. The summed E-state index contributed by atoms with van der Waals surface area (Å²) in [5.74, 6) is 0.740. The van der Waals surface area contributed by atoms with Crippen LogP contribution in [0.25, 0.3) is 0 Å². The third-order valence-electron chi connectivity index (χ3n) is 5.58. The molecule has 1 heterocycles. The zero-order chi connectivity index (χ0) is 16.9. The van der Waals surface area contributed by atoms with E-state index in [9.17, 15) is 4.79 Å². The lowest BCUT2D eigenvalue weighted by Gasteiger charge is -2.23. The molecule has 2 fully saturated rings. The molecule has 0 spiro atoms. The highest BCUT2D eigenvalue weighted by molar-refractivity contribution is 5.78. The number of aryl methyl sites for hydroxylation is 1. The Hall–Kier alpha value is -1.55. The number of nitrogens with zero attached hydrogens (tertiary/aromatic N) is 2. The van der Waals surface area contributed by atoms with Crippen LogP contribution in [-0.4, -0.2) is 50.1 Å². The minimum atomic E-state index is 0.179. The fraction of sp³-hybridized carbons (Fsp3) is 0.650. The highest BCUT2D eigenvalue weighted by Crippen LogP contribution is 2.24. The quantitative estimate of drug-likeness (QED) is 0.872. The van der Waals surface area contributed by atoms with Crippen molar-refractivity contribution in [1.29, 1.82) is 0 Å². The lowest BCUT2D eigenvalue weighted by atomic mass is 10.1. The third-order valence-corrected chi connectivity index (χ3v) is 5.58. The van der Waals surface area contributed by atoms with Crippen molar-refractivity contribution in [2.45, 2.75) is 45.1 Å². The molecule has 132 valence electrons. The zero-order valence-corrected chi connectivity index (χ0v) is 15.1. The molecule has 1 aromatic carbocycles. The Balaban J connectivity index is 1.40. The minimum Gasteiger partial charge on any atom is -0.371 e. The second-order valence-corrected chi connectivity index (χ2v) is 7.60. The Bertz CT molecular complexity index is 554. The second kappa shape index (κ2) is 8.02. The van der Waals surface area contributed by atoms with Crippen LogP contribution in [0.2, 0.25) is 0 Å². The van der Waals surface area contributed by atoms with Gasteiger partial charge in [0.15, 0.2) is 0 Å². The number of rotatable bonds is 6. The van der Waals surface area contributed by atoms with Crippen LogP contribution in [0.4, 0.5) is 5.69 Å². The van der Waals surface area contributed by atoms with Crippen molar-refractivity contribution in [1.82, 2.24) is 10.2 Å². The monoisotopic (exact) mass is 329 g/mol. The maximum absolute atomic E-state index is 12.2. The van der Waals surface area contributed by atoms with E-state index >= 15 is 0 Å². The molecule has 2 aliphatic rings. The first-order chi connectivity index (χ1) is 11.6. The predicted octanol–water partition coefficient (Wildman–Crippen LogP) is 2.81. The maximum atomic E-state index is 12.2. The average molecular weight is 329 g/mol. The van der Waals surface area contributed by atoms with Crippen LogP contribution in [0.15, 0.2) is 24.3 Å². The summed E-state index contributed by atoms with van der Waals surface area (Å²) in [5.41, 5.74) is 2.61. The number of likely N-dealkylation sites (N-methyl/N-ethyl adjacent to an activating group) is 1. The zero-order valence-electron chi connectivity index (χ0n) is 15.1. The third kappa shape index (κ3) is 4.50. The first kappa shape index (κ1) is 17.3. The molecular formula is C20H31N3O. The van der Waals surface area contributed by atoms with Gasteiger partial charge < -0.3 is 10.2 Å². The first-order valence-corrected chi connectivity index (χ1v) is 9.40.